The maximum Gasteiger partial charge on any atom is 0.326 e. The largest absolute Gasteiger partial charge is 0.508 e. The number of amides is 9. The monoisotopic (exact) mass is 1300 g/mol. The van der Waals surface area contributed by atoms with Gasteiger partial charge in [-0.05, 0) is 117 Å². The Bertz CT molecular complexity index is 3010. The average molecular weight is 1300 g/mol. The number of carbonyl (C=O) groups excluding carboxylic acids is 9. The van der Waals surface area contributed by atoms with Gasteiger partial charge in [0.25, 0.3) is 0 Å². The summed E-state index contributed by atoms with van der Waals surface area (Å²) >= 11 is 0. The third-order valence-electron chi connectivity index (χ3n) is 14.7. The van der Waals surface area contributed by atoms with Crippen molar-refractivity contribution in [3.63, 3.8) is 0 Å². The van der Waals surface area contributed by atoms with E-state index in [4.69, 9.17) is 28.7 Å². The first-order valence-electron chi connectivity index (χ1n) is 31.8. The van der Waals surface area contributed by atoms with Crippen molar-refractivity contribution in [2.75, 3.05) is 19.6 Å². The van der Waals surface area contributed by atoms with Crippen molar-refractivity contribution in [3.8, 4) is 5.75 Å². The fraction of sp³-hybridized carbons (Fsp3) is 0.594. The number of H-pyrrole nitrogens is 1. The second-order valence-corrected chi connectivity index (χ2v) is 25.7. The number of guanidine groups is 2. The average Bonchev–Trinajstić information content (AvgIpc) is 1.76. The summed E-state index contributed by atoms with van der Waals surface area (Å²) in [5.41, 5.74) is 30.1. The number of nitrogens with one attached hydrogen (secondary N) is 10. The molecule has 2 aromatic carbocycles. The standard InChI is InChI=1S/C64H103N17O12/c1-34(2)25-46(55(85)73-33-53(83)74-52(62(92)93)30-39-19-21-41(82)22-20-39)77-61(91)51(31-40-32-72-44-17-12-11-15-42(40)44)81-60(90)49(28-37(7)8)78-56(86)45(18-14-24-71-64(68)69)75-57(87)48(27-36(5)6)79-59(89)50(29-38(9)10)80-58(88)47(26-35(3)4)76-54(84)43(65)16-13-23-70-63(66)67/h11-12,15,17,19-22,32,34-38,43,45-52,72,82H,13-14,16,18,23-31,33,65H2,1-10H3,(H,73,85)(H,74,83)(H,75,87)(H,76,84)(H,77,91)(H,78,86)(H,79,89)(H,80,88)(H,81,90)(H,92,93)(H4,66,67,70)(H4,68,69,71)/t43-,45-,46-,47-,48-,49-,50-,51-,52-/m0/s1. The van der Waals surface area contributed by atoms with Crippen LogP contribution in [0.4, 0.5) is 0 Å². The molecule has 1 aromatic heterocycles. The number of hydrogen-bond donors (Lipinski definition) is 17. The number of nitrogens with two attached hydrogens (primary N) is 5. The first kappa shape index (κ1) is 78.2. The van der Waals surface area contributed by atoms with E-state index in [1.807, 2.05) is 87.4 Å². The molecule has 29 nitrogen and oxygen atoms in total. The van der Waals surface area contributed by atoms with Crippen LogP contribution in [-0.4, -0.2) is 160 Å². The lowest BCUT2D eigenvalue weighted by Crippen LogP contribution is -2.61. The Kier molecular flexibility index (Phi) is 33.1. The fourth-order valence-corrected chi connectivity index (χ4v) is 10.2. The van der Waals surface area contributed by atoms with Gasteiger partial charge in [-0.15, -0.1) is 0 Å². The number of aliphatic carboxylic acids is 1. The molecule has 3 rings (SSSR count). The third kappa shape index (κ3) is 29.4. The summed E-state index contributed by atoms with van der Waals surface area (Å²) in [4.78, 5) is 151. The molecule has 9 atom stereocenters. The molecule has 0 saturated heterocycles. The molecule has 29 heteroatoms. The molecule has 3 aromatic rings. The summed E-state index contributed by atoms with van der Waals surface area (Å²) in [6.45, 7) is 18.0. The highest BCUT2D eigenvalue weighted by Crippen LogP contribution is 2.21. The highest BCUT2D eigenvalue weighted by Gasteiger charge is 2.36. The van der Waals surface area contributed by atoms with Crippen molar-refractivity contribution in [1.82, 2.24) is 52.8 Å². The zero-order valence-corrected chi connectivity index (χ0v) is 55.4. The molecule has 516 valence electrons. The van der Waals surface area contributed by atoms with E-state index in [0.717, 1.165) is 10.9 Å². The number of fused-ring (bicyclic) bond motifs is 1. The van der Waals surface area contributed by atoms with Gasteiger partial charge in [-0.3, -0.25) is 53.1 Å². The topological polar surface area (TPSA) is 490 Å². The maximum absolute atomic E-state index is 14.8. The summed E-state index contributed by atoms with van der Waals surface area (Å²) in [5, 5.41) is 44.7. The molecular weight excluding hydrogens is 1200 g/mol. The highest BCUT2D eigenvalue weighted by molar-refractivity contribution is 5.99. The number of aromatic amines is 1. The van der Waals surface area contributed by atoms with Crippen LogP contribution in [0.15, 0.2) is 64.7 Å². The van der Waals surface area contributed by atoms with Gasteiger partial charge in [-0.1, -0.05) is 99.6 Å². The van der Waals surface area contributed by atoms with Gasteiger partial charge in [0.1, 0.15) is 54.1 Å². The molecule has 0 aliphatic rings. The van der Waals surface area contributed by atoms with Gasteiger partial charge in [0.2, 0.25) is 53.2 Å². The number of phenols is 1. The van der Waals surface area contributed by atoms with E-state index in [-0.39, 0.29) is 125 Å². The number of carboxylic acids is 1. The molecular formula is C64H103N17O12. The molecule has 0 unspecified atom stereocenters. The van der Waals surface area contributed by atoms with Crippen molar-refractivity contribution >= 4 is 82.0 Å². The van der Waals surface area contributed by atoms with Gasteiger partial charge in [-0.2, -0.15) is 0 Å². The number of benzene rings is 2. The number of aromatic nitrogens is 1. The molecule has 1 heterocycles. The molecule has 0 spiro atoms. The number of aliphatic imine (C=N–C) groups is 2. The van der Waals surface area contributed by atoms with Crippen LogP contribution in [0.1, 0.15) is 138 Å². The first-order valence-corrected chi connectivity index (χ1v) is 31.8. The molecule has 0 radical (unpaired) electrons. The van der Waals surface area contributed by atoms with Crippen molar-refractivity contribution in [2.24, 2.45) is 68.2 Å². The second-order valence-electron chi connectivity index (χ2n) is 25.7. The molecule has 0 bridgehead atoms. The van der Waals surface area contributed by atoms with Crippen LogP contribution < -0.4 is 76.5 Å². The third-order valence-corrected chi connectivity index (χ3v) is 14.7. The summed E-state index contributed by atoms with van der Waals surface area (Å²) in [7, 11) is 0. The predicted molar refractivity (Wildman–Crippen MR) is 355 cm³/mol. The number of aromatic hydroxyl groups is 1. The van der Waals surface area contributed by atoms with Gasteiger partial charge < -0.3 is 91.7 Å². The number of para-hydroxylation sites is 1. The van der Waals surface area contributed by atoms with E-state index in [9.17, 15) is 58.2 Å². The Morgan fingerprint density at radius 1 is 0.462 bits per heavy atom. The summed E-state index contributed by atoms with van der Waals surface area (Å²) in [6, 6.07) is 1.83. The maximum atomic E-state index is 14.8. The zero-order chi connectivity index (χ0) is 69.6. The van der Waals surface area contributed by atoms with E-state index < -0.39 is 120 Å². The number of nitrogens with zero attached hydrogens (tertiary/aromatic N) is 2. The molecule has 0 saturated carbocycles. The van der Waals surface area contributed by atoms with Crippen molar-refractivity contribution in [3.05, 3.63) is 65.9 Å². The number of hydrogen-bond acceptors (Lipinski definition) is 14. The summed E-state index contributed by atoms with van der Waals surface area (Å²) < 4.78 is 0. The van der Waals surface area contributed by atoms with Crippen LogP contribution in [0, 0.1) is 29.6 Å². The van der Waals surface area contributed by atoms with E-state index in [2.05, 4.69) is 62.8 Å². The van der Waals surface area contributed by atoms with Crippen molar-refractivity contribution in [2.45, 2.75) is 194 Å². The van der Waals surface area contributed by atoms with E-state index in [0.29, 0.717) is 17.5 Å². The molecule has 93 heavy (non-hydrogen) atoms. The highest BCUT2D eigenvalue weighted by atomic mass is 16.4. The Morgan fingerprint density at radius 3 is 1.29 bits per heavy atom. The zero-order valence-electron chi connectivity index (χ0n) is 55.4. The van der Waals surface area contributed by atoms with Gasteiger partial charge in [0, 0.05) is 43.0 Å². The number of carboxylic acid groups (broad SMARTS) is 1. The summed E-state index contributed by atoms with van der Waals surface area (Å²) in [6.07, 6.45) is 2.71. The van der Waals surface area contributed by atoms with E-state index >= 15 is 0 Å². The van der Waals surface area contributed by atoms with Crippen LogP contribution in [0.25, 0.3) is 10.9 Å². The van der Waals surface area contributed by atoms with Crippen LogP contribution in [0.2, 0.25) is 0 Å². The Balaban J connectivity index is 1.95. The first-order chi connectivity index (χ1) is 43.7. The summed E-state index contributed by atoms with van der Waals surface area (Å²) in [5.74, 6) is -9.18. The Labute approximate surface area is 544 Å². The predicted octanol–water partition coefficient (Wildman–Crippen LogP) is 0.403. The quantitative estimate of drug-likeness (QED) is 0.0208. The minimum Gasteiger partial charge on any atom is -0.508 e. The molecule has 0 aliphatic carbocycles. The molecule has 9 amide bonds. The smallest absolute Gasteiger partial charge is 0.326 e. The Hall–Kier alpha value is -9.02. The molecule has 0 aliphatic heterocycles. The van der Waals surface area contributed by atoms with Crippen molar-refractivity contribution in [1.29, 1.82) is 0 Å². The lowest BCUT2D eigenvalue weighted by atomic mass is 9.98. The normalized spacial score (nSPS) is 14.3. The van der Waals surface area contributed by atoms with Crippen LogP contribution in [0.5, 0.6) is 5.75 Å². The van der Waals surface area contributed by atoms with Gasteiger partial charge in [-0.25, -0.2) is 4.79 Å². The van der Waals surface area contributed by atoms with Gasteiger partial charge in [0.05, 0.1) is 12.6 Å². The second kappa shape index (κ2) is 39.4. The van der Waals surface area contributed by atoms with Crippen LogP contribution in [0.3, 0.4) is 0 Å². The minimum atomic E-state index is -1.39. The SMILES string of the molecule is CC(C)C[C@H](NC(=O)[C@H](Cc1c[nH]c2ccccc12)NC(=O)[C@H](CC(C)C)NC(=O)[C@H](CCCN=C(N)N)NC(=O)[C@H](CC(C)C)NC(=O)[C@H](CC(C)C)NC(=O)[C@H](CC(C)C)NC(=O)[C@@H](N)CCCN=C(N)N)C(=O)NCC(=O)N[C@@H](Cc1ccc(O)cc1)C(=O)O. The number of carbonyl (C=O) groups is 10. The lowest BCUT2D eigenvalue weighted by Gasteiger charge is -2.29. The van der Waals surface area contributed by atoms with Gasteiger partial charge in [0.15, 0.2) is 11.9 Å². The fourth-order valence-electron chi connectivity index (χ4n) is 10.2. The van der Waals surface area contributed by atoms with E-state index in [1.165, 1.54) is 24.3 Å². The molecule has 22 N–H and O–H groups in total. The van der Waals surface area contributed by atoms with Gasteiger partial charge >= 0.3 is 5.97 Å². The number of phenolic OH excluding ortho intramolecular Hbond substituents is 1. The van der Waals surface area contributed by atoms with Crippen molar-refractivity contribution < 1.29 is 58.2 Å². The Morgan fingerprint density at radius 2 is 0.849 bits per heavy atom. The molecule has 0 fully saturated rings. The van der Waals surface area contributed by atoms with Crippen LogP contribution in [-0.2, 0) is 60.8 Å². The van der Waals surface area contributed by atoms with Crippen LogP contribution >= 0.6 is 0 Å². The minimum absolute atomic E-state index is 0.0267. The number of rotatable bonds is 41. The lowest BCUT2D eigenvalue weighted by molar-refractivity contribution is -0.141. The van der Waals surface area contributed by atoms with E-state index in [1.54, 1.807) is 12.3 Å².